The molecule has 3 aliphatic carbocycles. The molecule has 0 radical (unpaired) electrons. The molecular formula is C13H18. The molecule has 1 fully saturated rings. The third-order valence-corrected chi connectivity index (χ3v) is 4.29. The van der Waals surface area contributed by atoms with E-state index in [1.165, 1.54) is 32.1 Å². The van der Waals surface area contributed by atoms with Crippen molar-refractivity contribution in [1.29, 1.82) is 0 Å². The average molecular weight is 174 g/mol. The summed E-state index contributed by atoms with van der Waals surface area (Å²) in [7, 11) is 0. The molecule has 0 nitrogen and oxygen atoms in total. The van der Waals surface area contributed by atoms with E-state index in [-0.39, 0.29) is 0 Å². The average Bonchev–Trinajstić information content (AvgIpc) is 2.56. The summed E-state index contributed by atoms with van der Waals surface area (Å²) in [5.74, 6) is 3.96. The Morgan fingerprint density at radius 2 is 1.31 bits per heavy atom. The zero-order valence-corrected chi connectivity index (χ0v) is 8.15. The number of hydrogen-bond donors (Lipinski definition) is 0. The van der Waals surface area contributed by atoms with Crippen molar-refractivity contribution in [2.24, 2.45) is 23.7 Å². The molecular weight excluding hydrogens is 156 g/mol. The molecule has 0 spiro atoms. The van der Waals surface area contributed by atoms with Crippen molar-refractivity contribution >= 4 is 0 Å². The van der Waals surface area contributed by atoms with E-state index in [9.17, 15) is 0 Å². The molecule has 4 atom stereocenters. The van der Waals surface area contributed by atoms with Gasteiger partial charge >= 0.3 is 0 Å². The Labute approximate surface area is 80.7 Å². The summed E-state index contributed by atoms with van der Waals surface area (Å²) in [4.78, 5) is 0. The van der Waals surface area contributed by atoms with Gasteiger partial charge < -0.3 is 0 Å². The predicted octanol–water partition coefficient (Wildman–Crippen LogP) is 3.55. The number of allylic oxidation sites excluding steroid dienone is 4. The van der Waals surface area contributed by atoms with Gasteiger partial charge in [0.25, 0.3) is 0 Å². The van der Waals surface area contributed by atoms with Crippen LogP contribution in [0.3, 0.4) is 0 Å². The second-order valence-corrected chi connectivity index (χ2v) is 4.90. The maximum atomic E-state index is 2.50. The van der Waals surface area contributed by atoms with Crippen molar-refractivity contribution in [2.75, 3.05) is 0 Å². The van der Waals surface area contributed by atoms with Gasteiger partial charge in [0.15, 0.2) is 0 Å². The maximum Gasteiger partial charge on any atom is -0.0196 e. The molecule has 0 aromatic rings. The highest BCUT2D eigenvalue weighted by Crippen LogP contribution is 2.50. The summed E-state index contributed by atoms with van der Waals surface area (Å²) in [5.41, 5.74) is 0. The summed E-state index contributed by atoms with van der Waals surface area (Å²) in [6, 6.07) is 0. The lowest BCUT2D eigenvalue weighted by Gasteiger charge is -2.28. The van der Waals surface area contributed by atoms with Gasteiger partial charge in [-0.25, -0.2) is 0 Å². The minimum Gasteiger partial charge on any atom is -0.0882 e. The summed E-state index contributed by atoms with van der Waals surface area (Å²) in [5, 5.41) is 0. The van der Waals surface area contributed by atoms with Gasteiger partial charge in [0.2, 0.25) is 0 Å². The summed E-state index contributed by atoms with van der Waals surface area (Å²) in [6.45, 7) is 0. The van der Waals surface area contributed by atoms with Crippen LogP contribution in [0.15, 0.2) is 24.3 Å². The smallest absolute Gasteiger partial charge is 0.0196 e. The van der Waals surface area contributed by atoms with Crippen LogP contribution < -0.4 is 0 Å². The van der Waals surface area contributed by atoms with Crippen molar-refractivity contribution in [3.8, 4) is 0 Å². The van der Waals surface area contributed by atoms with E-state index in [0.29, 0.717) is 0 Å². The molecule has 0 aromatic heterocycles. The molecule has 0 N–H and O–H groups in total. The Bertz CT molecular complexity index is 223. The van der Waals surface area contributed by atoms with Crippen molar-refractivity contribution in [3.63, 3.8) is 0 Å². The normalized spacial score (nSPS) is 47.4. The highest BCUT2D eigenvalue weighted by molar-refractivity contribution is 5.11. The molecule has 0 aliphatic heterocycles. The monoisotopic (exact) mass is 174 g/mol. The van der Waals surface area contributed by atoms with Gasteiger partial charge in [-0.05, 0) is 55.8 Å². The second-order valence-electron chi connectivity index (χ2n) is 4.90. The lowest BCUT2D eigenvalue weighted by Crippen LogP contribution is -2.19. The Kier molecular flexibility index (Phi) is 1.81. The molecule has 0 saturated heterocycles. The van der Waals surface area contributed by atoms with E-state index in [4.69, 9.17) is 0 Å². The predicted molar refractivity (Wildman–Crippen MR) is 55.3 cm³/mol. The number of hydrogen-bond acceptors (Lipinski definition) is 0. The Morgan fingerprint density at radius 1 is 0.769 bits per heavy atom. The minimum atomic E-state index is 0.937. The van der Waals surface area contributed by atoms with Crippen LogP contribution in [0.2, 0.25) is 0 Å². The van der Waals surface area contributed by atoms with Crippen LogP contribution in [-0.4, -0.2) is 0 Å². The van der Waals surface area contributed by atoms with E-state index in [0.717, 1.165) is 23.7 Å². The highest BCUT2D eigenvalue weighted by atomic mass is 14.5. The molecule has 0 bridgehead atoms. The third-order valence-electron chi connectivity index (χ3n) is 4.29. The fourth-order valence-corrected chi connectivity index (χ4v) is 3.72. The zero-order chi connectivity index (χ0) is 8.67. The Balaban J connectivity index is 1.87. The standard InChI is InChI=1S/C13H18/c1-3-7-12-10(5-1)9-11-6-2-4-8-13(11)12/h1-2,5-6,10-13H,3-4,7-9H2. The van der Waals surface area contributed by atoms with Gasteiger partial charge in [0.05, 0.1) is 0 Å². The van der Waals surface area contributed by atoms with Crippen LogP contribution >= 0.6 is 0 Å². The molecule has 0 heteroatoms. The highest BCUT2D eigenvalue weighted by Gasteiger charge is 2.41. The molecule has 3 rings (SSSR count). The molecule has 0 aromatic carbocycles. The second kappa shape index (κ2) is 3.01. The third kappa shape index (κ3) is 1.19. The Hall–Kier alpha value is -0.520. The maximum absolute atomic E-state index is 2.50. The first-order chi connectivity index (χ1) is 6.45. The summed E-state index contributed by atoms with van der Waals surface area (Å²) in [6.07, 6.45) is 16.9. The molecule has 70 valence electrons. The molecule has 1 saturated carbocycles. The SMILES string of the molecule is C1=CC2CC3C=CCCC3C2CC1. The van der Waals surface area contributed by atoms with E-state index in [1.54, 1.807) is 0 Å². The van der Waals surface area contributed by atoms with E-state index >= 15 is 0 Å². The van der Waals surface area contributed by atoms with Crippen LogP contribution in [0.25, 0.3) is 0 Å². The zero-order valence-electron chi connectivity index (χ0n) is 8.15. The largest absolute Gasteiger partial charge is 0.0882 e. The van der Waals surface area contributed by atoms with Gasteiger partial charge in [-0.1, -0.05) is 24.3 Å². The van der Waals surface area contributed by atoms with Crippen LogP contribution in [0.4, 0.5) is 0 Å². The van der Waals surface area contributed by atoms with E-state index in [2.05, 4.69) is 24.3 Å². The fourth-order valence-electron chi connectivity index (χ4n) is 3.72. The molecule has 3 aliphatic rings. The van der Waals surface area contributed by atoms with Crippen LogP contribution in [0, 0.1) is 23.7 Å². The van der Waals surface area contributed by atoms with Crippen molar-refractivity contribution < 1.29 is 0 Å². The van der Waals surface area contributed by atoms with Crippen molar-refractivity contribution in [3.05, 3.63) is 24.3 Å². The molecule has 0 amide bonds. The Morgan fingerprint density at radius 3 is 1.85 bits per heavy atom. The first-order valence-corrected chi connectivity index (χ1v) is 5.78. The van der Waals surface area contributed by atoms with Gasteiger partial charge in [-0.2, -0.15) is 0 Å². The topological polar surface area (TPSA) is 0 Å². The van der Waals surface area contributed by atoms with Crippen LogP contribution in [0.5, 0.6) is 0 Å². The molecule has 4 unspecified atom stereocenters. The van der Waals surface area contributed by atoms with Gasteiger partial charge in [-0.3, -0.25) is 0 Å². The summed E-state index contributed by atoms with van der Waals surface area (Å²) < 4.78 is 0. The molecule has 0 heterocycles. The molecule has 13 heavy (non-hydrogen) atoms. The quantitative estimate of drug-likeness (QED) is 0.493. The number of rotatable bonds is 0. The van der Waals surface area contributed by atoms with Crippen molar-refractivity contribution in [2.45, 2.75) is 32.1 Å². The van der Waals surface area contributed by atoms with Crippen molar-refractivity contribution in [1.82, 2.24) is 0 Å². The van der Waals surface area contributed by atoms with Gasteiger partial charge in [0, 0.05) is 0 Å². The van der Waals surface area contributed by atoms with Gasteiger partial charge in [-0.15, -0.1) is 0 Å². The number of fused-ring (bicyclic) bond motifs is 3. The lowest BCUT2D eigenvalue weighted by atomic mass is 9.77. The lowest BCUT2D eigenvalue weighted by molar-refractivity contribution is 0.276. The first kappa shape index (κ1) is 7.84. The van der Waals surface area contributed by atoms with Crippen LogP contribution in [0.1, 0.15) is 32.1 Å². The van der Waals surface area contributed by atoms with E-state index in [1.807, 2.05) is 0 Å². The minimum absolute atomic E-state index is 0.937. The van der Waals surface area contributed by atoms with Gasteiger partial charge in [0.1, 0.15) is 0 Å². The first-order valence-electron chi connectivity index (χ1n) is 5.78. The van der Waals surface area contributed by atoms with Crippen LogP contribution in [-0.2, 0) is 0 Å². The van der Waals surface area contributed by atoms with E-state index < -0.39 is 0 Å². The fraction of sp³-hybridized carbons (Fsp3) is 0.692. The summed E-state index contributed by atoms with van der Waals surface area (Å²) >= 11 is 0.